The summed E-state index contributed by atoms with van der Waals surface area (Å²) in [6.07, 6.45) is 1.01. The molecule has 2 amide bonds. The van der Waals surface area contributed by atoms with Gasteiger partial charge in [-0.05, 0) is 43.2 Å². The van der Waals surface area contributed by atoms with Crippen LogP contribution in [0.2, 0.25) is 0 Å². The zero-order valence-electron chi connectivity index (χ0n) is 18.5. The van der Waals surface area contributed by atoms with Crippen molar-refractivity contribution in [2.24, 2.45) is 0 Å². The summed E-state index contributed by atoms with van der Waals surface area (Å²) in [4.78, 5) is 26.6. The maximum Gasteiger partial charge on any atom is 0.242 e. The molecule has 0 aromatic heterocycles. The summed E-state index contributed by atoms with van der Waals surface area (Å²) >= 11 is 3.35. The minimum Gasteiger partial charge on any atom is -0.357 e. The van der Waals surface area contributed by atoms with Gasteiger partial charge in [-0.3, -0.25) is 13.9 Å². The maximum atomic E-state index is 13.6. The molecular formula is C22H26BrF2N3O4S. The van der Waals surface area contributed by atoms with Gasteiger partial charge in [0.25, 0.3) is 0 Å². The molecule has 2 rings (SSSR count). The van der Waals surface area contributed by atoms with Gasteiger partial charge in [-0.15, -0.1) is 0 Å². The number of nitrogens with zero attached hydrogens (tertiary/aromatic N) is 2. The molecule has 1 atom stereocenters. The molecule has 0 aliphatic carbocycles. The van der Waals surface area contributed by atoms with E-state index in [1.165, 1.54) is 11.9 Å². The molecule has 0 aliphatic heterocycles. The zero-order valence-corrected chi connectivity index (χ0v) is 20.9. The number of carbonyl (C=O) groups is 2. The molecule has 7 nitrogen and oxygen atoms in total. The summed E-state index contributed by atoms with van der Waals surface area (Å²) in [5.41, 5.74) is 0.788. The lowest BCUT2D eigenvalue weighted by Gasteiger charge is -2.29. The first-order valence-electron chi connectivity index (χ1n) is 10.1. The monoisotopic (exact) mass is 545 g/mol. The van der Waals surface area contributed by atoms with Crippen molar-refractivity contribution in [1.29, 1.82) is 0 Å². The Bertz CT molecular complexity index is 1100. The van der Waals surface area contributed by atoms with Gasteiger partial charge in [0, 0.05) is 37.1 Å². The van der Waals surface area contributed by atoms with E-state index in [-0.39, 0.29) is 43.4 Å². The highest BCUT2D eigenvalue weighted by molar-refractivity contribution is 9.10. The molecule has 0 spiro atoms. The van der Waals surface area contributed by atoms with Gasteiger partial charge in [0.15, 0.2) is 11.6 Å². The van der Waals surface area contributed by atoms with E-state index in [0.717, 1.165) is 38.8 Å². The van der Waals surface area contributed by atoms with Gasteiger partial charge in [0.1, 0.15) is 6.04 Å². The van der Waals surface area contributed by atoms with Crippen molar-refractivity contribution in [1.82, 2.24) is 10.2 Å². The quantitative estimate of drug-likeness (QED) is 0.495. The predicted octanol–water partition coefficient (Wildman–Crippen LogP) is 3.44. The van der Waals surface area contributed by atoms with Gasteiger partial charge in [-0.2, -0.15) is 0 Å². The van der Waals surface area contributed by atoms with E-state index >= 15 is 0 Å². The highest BCUT2D eigenvalue weighted by atomic mass is 79.9. The molecule has 0 aliphatic rings. The van der Waals surface area contributed by atoms with Crippen LogP contribution in [0.3, 0.4) is 0 Å². The van der Waals surface area contributed by atoms with Gasteiger partial charge in [-0.1, -0.05) is 28.1 Å². The number of sulfonamides is 1. The fraction of sp³-hybridized carbons (Fsp3) is 0.364. The first-order valence-corrected chi connectivity index (χ1v) is 12.8. The fourth-order valence-electron chi connectivity index (χ4n) is 3.22. The van der Waals surface area contributed by atoms with Crippen LogP contribution in [0.25, 0.3) is 0 Å². The summed E-state index contributed by atoms with van der Waals surface area (Å²) in [6.45, 7) is 1.69. The minimum atomic E-state index is -3.80. The molecule has 2 aromatic rings. The van der Waals surface area contributed by atoms with Crippen molar-refractivity contribution in [3.05, 3.63) is 64.1 Å². The lowest BCUT2D eigenvalue weighted by atomic mass is 10.1. The molecule has 0 bridgehead atoms. The molecule has 11 heteroatoms. The smallest absolute Gasteiger partial charge is 0.242 e. The second-order valence-corrected chi connectivity index (χ2v) is 10.3. The summed E-state index contributed by atoms with van der Waals surface area (Å²) in [5, 5.41) is 2.53. The molecule has 0 saturated heterocycles. The largest absolute Gasteiger partial charge is 0.357 e. The van der Waals surface area contributed by atoms with Crippen LogP contribution >= 0.6 is 15.9 Å². The number of halogens is 3. The van der Waals surface area contributed by atoms with Gasteiger partial charge in [0.2, 0.25) is 21.8 Å². The Hall–Kier alpha value is -2.53. The number of amides is 2. The molecule has 33 heavy (non-hydrogen) atoms. The number of hydrogen-bond acceptors (Lipinski definition) is 4. The van der Waals surface area contributed by atoms with Crippen molar-refractivity contribution < 1.29 is 26.8 Å². The number of anilines is 1. The molecule has 0 saturated carbocycles. The Balaban J connectivity index is 2.15. The average molecular weight is 546 g/mol. The first-order chi connectivity index (χ1) is 15.4. The van der Waals surface area contributed by atoms with Crippen molar-refractivity contribution in [2.45, 2.75) is 32.4 Å². The maximum absolute atomic E-state index is 13.6. The van der Waals surface area contributed by atoms with Crippen LogP contribution in [0, 0.1) is 11.6 Å². The van der Waals surface area contributed by atoms with Gasteiger partial charge in [-0.25, -0.2) is 17.2 Å². The third kappa shape index (κ3) is 7.50. The van der Waals surface area contributed by atoms with Crippen LogP contribution in [0.1, 0.15) is 25.3 Å². The number of hydrogen-bond donors (Lipinski definition) is 1. The van der Waals surface area contributed by atoms with E-state index in [1.54, 1.807) is 6.92 Å². The van der Waals surface area contributed by atoms with E-state index in [0.29, 0.717) is 0 Å². The van der Waals surface area contributed by atoms with E-state index in [1.807, 2.05) is 24.3 Å². The molecular weight excluding hydrogens is 520 g/mol. The van der Waals surface area contributed by atoms with E-state index in [4.69, 9.17) is 0 Å². The van der Waals surface area contributed by atoms with Gasteiger partial charge < -0.3 is 10.2 Å². The first kappa shape index (κ1) is 26.7. The van der Waals surface area contributed by atoms with E-state index < -0.39 is 27.7 Å². The van der Waals surface area contributed by atoms with E-state index in [2.05, 4.69) is 21.2 Å². The van der Waals surface area contributed by atoms with Crippen LogP contribution in [-0.2, 0) is 26.2 Å². The second kappa shape index (κ2) is 11.6. The van der Waals surface area contributed by atoms with Crippen LogP contribution in [0.4, 0.5) is 14.5 Å². The van der Waals surface area contributed by atoms with Crippen molar-refractivity contribution in [2.75, 3.05) is 24.2 Å². The Morgan fingerprint density at radius 2 is 1.73 bits per heavy atom. The number of rotatable bonds is 10. The van der Waals surface area contributed by atoms with Gasteiger partial charge in [0.05, 0.1) is 11.9 Å². The van der Waals surface area contributed by atoms with Crippen molar-refractivity contribution in [3.8, 4) is 0 Å². The molecule has 2 aromatic carbocycles. The highest BCUT2D eigenvalue weighted by Gasteiger charge is 2.26. The summed E-state index contributed by atoms with van der Waals surface area (Å²) < 4.78 is 53.1. The number of carbonyl (C=O) groups excluding carboxylic acids is 2. The molecule has 180 valence electrons. The Morgan fingerprint density at radius 3 is 2.27 bits per heavy atom. The lowest BCUT2D eigenvalue weighted by molar-refractivity contribution is -0.140. The Kier molecular flexibility index (Phi) is 9.35. The summed E-state index contributed by atoms with van der Waals surface area (Å²) in [6, 6.07) is 9.37. The average Bonchev–Trinajstić information content (AvgIpc) is 2.76. The molecule has 0 fully saturated rings. The standard InChI is InChI=1S/C22H26BrF2N3O4S/c1-15(22(30)26-2)27(14-16-6-8-17(23)9-7-16)21(29)5-4-12-28(33(3,31)32)18-10-11-19(24)20(25)13-18/h6-11,13,15H,4-5,12,14H2,1-3H3,(H,26,30)/t15-/m0/s1. The molecule has 0 unspecified atom stereocenters. The summed E-state index contributed by atoms with van der Waals surface area (Å²) in [7, 11) is -2.32. The number of benzene rings is 2. The minimum absolute atomic E-state index is 0.0331. The molecule has 0 heterocycles. The molecule has 0 radical (unpaired) electrons. The zero-order chi connectivity index (χ0) is 24.8. The summed E-state index contributed by atoms with van der Waals surface area (Å²) in [5.74, 6) is -2.93. The number of likely N-dealkylation sites (N-methyl/N-ethyl adjacent to an activating group) is 1. The van der Waals surface area contributed by atoms with Crippen molar-refractivity contribution in [3.63, 3.8) is 0 Å². The normalized spacial score (nSPS) is 12.2. The van der Waals surface area contributed by atoms with Crippen LogP contribution in [0.15, 0.2) is 46.9 Å². The topological polar surface area (TPSA) is 86.8 Å². The van der Waals surface area contributed by atoms with Crippen LogP contribution < -0.4 is 9.62 Å². The predicted molar refractivity (Wildman–Crippen MR) is 126 cm³/mol. The molecule has 1 N–H and O–H groups in total. The second-order valence-electron chi connectivity index (χ2n) is 7.48. The highest BCUT2D eigenvalue weighted by Crippen LogP contribution is 2.22. The third-order valence-corrected chi connectivity index (χ3v) is 6.75. The van der Waals surface area contributed by atoms with E-state index in [9.17, 15) is 26.8 Å². The third-order valence-electron chi connectivity index (χ3n) is 5.02. The van der Waals surface area contributed by atoms with Gasteiger partial charge >= 0.3 is 0 Å². The van der Waals surface area contributed by atoms with Crippen LogP contribution in [-0.4, -0.2) is 51.0 Å². The SMILES string of the molecule is CNC(=O)[C@H](C)N(Cc1ccc(Br)cc1)C(=O)CCCN(c1ccc(F)c(F)c1)S(C)(=O)=O. The Morgan fingerprint density at radius 1 is 1.09 bits per heavy atom. The lowest BCUT2D eigenvalue weighted by Crippen LogP contribution is -2.46. The Labute approximate surface area is 200 Å². The fourth-order valence-corrected chi connectivity index (χ4v) is 4.44. The van der Waals surface area contributed by atoms with Crippen LogP contribution in [0.5, 0.6) is 0 Å². The number of nitrogens with one attached hydrogen (secondary N) is 1. The van der Waals surface area contributed by atoms with Crippen molar-refractivity contribution >= 4 is 43.5 Å².